The number of rotatable bonds is 5. The maximum atomic E-state index is 9.04. The highest BCUT2D eigenvalue weighted by Gasteiger charge is 2.23. The molecular weight excluding hydrogens is 240 g/mol. The molecule has 0 aromatic heterocycles. The Morgan fingerprint density at radius 1 is 1.53 bits per heavy atom. The summed E-state index contributed by atoms with van der Waals surface area (Å²) in [6, 6.07) is 7.86. The Hall–Kier alpha value is -1.57. The zero-order valence-electron chi connectivity index (χ0n) is 11.5. The van der Waals surface area contributed by atoms with Gasteiger partial charge < -0.3 is 14.8 Å². The zero-order chi connectivity index (χ0) is 13.7. The van der Waals surface area contributed by atoms with Gasteiger partial charge in [0.2, 0.25) is 0 Å². The number of nitrogens with zero attached hydrogens (tertiary/aromatic N) is 1. The molecule has 1 saturated heterocycles. The number of ether oxygens (including phenoxy) is 2. The first-order valence-electron chi connectivity index (χ1n) is 6.64. The standard InChI is InChI=1S/C15H20N2O2/c1-11-13(5-6-19-11)10-17-9-12-3-4-15(18-2)14(7-12)8-16/h3-4,7,11,13,17H,5-6,9-10H2,1-2H3. The zero-order valence-corrected chi connectivity index (χ0v) is 11.5. The molecule has 1 aliphatic heterocycles. The minimum absolute atomic E-state index is 0.345. The maximum Gasteiger partial charge on any atom is 0.136 e. The van der Waals surface area contributed by atoms with Crippen molar-refractivity contribution in [1.29, 1.82) is 5.26 Å². The van der Waals surface area contributed by atoms with Crippen LogP contribution in [0.4, 0.5) is 0 Å². The van der Waals surface area contributed by atoms with Crippen LogP contribution in [0.25, 0.3) is 0 Å². The van der Waals surface area contributed by atoms with Crippen LogP contribution in [-0.2, 0) is 11.3 Å². The topological polar surface area (TPSA) is 54.3 Å². The molecule has 0 amide bonds. The van der Waals surface area contributed by atoms with E-state index in [1.54, 1.807) is 7.11 Å². The van der Waals surface area contributed by atoms with Crippen LogP contribution in [-0.4, -0.2) is 26.4 Å². The van der Waals surface area contributed by atoms with Gasteiger partial charge in [0, 0.05) is 19.7 Å². The third-order valence-corrected chi connectivity index (χ3v) is 3.65. The normalized spacial score (nSPS) is 22.2. The van der Waals surface area contributed by atoms with Crippen LogP contribution in [0.2, 0.25) is 0 Å². The Morgan fingerprint density at radius 3 is 3.00 bits per heavy atom. The van der Waals surface area contributed by atoms with Crippen molar-refractivity contribution in [2.45, 2.75) is 26.0 Å². The molecule has 1 N–H and O–H groups in total. The smallest absolute Gasteiger partial charge is 0.136 e. The molecule has 4 heteroatoms. The van der Waals surface area contributed by atoms with Crippen molar-refractivity contribution >= 4 is 0 Å². The first-order chi connectivity index (χ1) is 9.24. The van der Waals surface area contributed by atoms with Crippen molar-refractivity contribution < 1.29 is 9.47 Å². The van der Waals surface area contributed by atoms with Crippen LogP contribution in [0.3, 0.4) is 0 Å². The Balaban J connectivity index is 1.88. The van der Waals surface area contributed by atoms with Gasteiger partial charge in [-0.1, -0.05) is 6.07 Å². The highest BCUT2D eigenvalue weighted by molar-refractivity contribution is 5.45. The maximum absolute atomic E-state index is 9.04. The first-order valence-corrected chi connectivity index (χ1v) is 6.64. The first kappa shape index (κ1) is 13.9. The Bertz CT molecular complexity index is 468. The van der Waals surface area contributed by atoms with Crippen LogP contribution in [0, 0.1) is 17.2 Å². The molecule has 1 aromatic carbocycles. The van der Waals surface area contributed by atoms with E-state index >= 15 is 0 Å². The van der Waals surface area contributed by atoms with E-state index in [1.807, 2.05) is 18.2 Å². The summed E-state index contributed by atoms with van der Waals surface area (Å²) >= 11 is 0. The van der Waals surface area contributed by atoms with E-state index in [1.165, 1.54) is 0 Å². The molecule has 0 radical (unpaired) electrons. The predicted octanol–water partition coefficient (Wildman–Crippen LogP) is 2.08. The average molecular weight is 260 g/mol. The van der Waals surface area contributed by atoms with Gasteiger partial charge in [-0.3, -0.25) is 0 Å². The molecule has 0 bridgehead atoms. The lowest BCUT2D eigenvalue weighted by Gasteiger charge is -2.15. The van der Waals surface area contributed by atoms with Gasteiger partial charge in [0.15, 0.2) is 0 Å². The number of benzene rings is 1. The quantitative estimate of drug-likeness (QED) is 0.880. The van der Waals surface area contributed by atoms with E-state index in [4.69, 9.17) is 14.7 Å². The summed E-state index contributed by atoms with van der Waals surface area (Å²) < 4.78 is 10.7. The summed E-state index contributed by atoms with van der Waals surface area (Å²) in [4.78, 5) is 0. The monoisotopic (exact) mass is 260 g/mol. The molecule has 0 aliphatic carbocycles. The van der Waals surface area contributed by atoms with Gasteiger partial charge in [-0.15, -0.1) is 0 Å². The van der Waals surface area contributed by atoms with Gasteiger partial charge in [-0.25, -0.2) is 0 Å². The molecule has 2 atom stereocenters. The number of hydrogen-bond donors (Lipinski definition) is 1. The molecule has 1 fully saturated rings. The largest absolute Gasteiger partial charge is 0.495 e. The van der Waals surface area contributed by atoms with Crippen molar-refractivity contribution in [1.82, 2.24) is 5.32 Å². The van der Waals surface area contributed by atoms with Crippen molar-refractivity contribution in [3.8, 4) is 11.8 Å². The van der Waals surface area contributed by atoms with Crippen LogP contribution >= 0.6 is 0 Å². The number of nitrogens with one attached hydrogen (secondary N) is 1. The number of nitriles is 1. The summed E-state index contributed by atoms with van der Waals surface area (Å²) in [5, 5.41) is 12.5. The molecule has 1 heterocycles. The highest BCUT2D eigenvalue weighted by atomic mass is 16.5. The van der Waals surface area contributed by atoms with Gasteiger partial charge in [-0.05, 0) is 37.0 Å². The fourth-order valence-electron chi connectivity index (χ4n) is 2.40. The summed E-state index contributed by atoms with van der Waals surface area (Å²) in [5.74, 6) is 1.22. The Labute approximate surface area is 114 Å². The lowest BCUT2D eigenvalue weighted by Crippen LogP contribution is -2.26. The molecular formula is C15H20N2O2. The van der Waals surface area contributed by atoms with Gasteiger partial charge in [0.25, 0.3) is 0 Å². The van der Waals surface area contributed by atoms with E-state index in [0.29, 0.717) is 23.3 Å². The summed E-state index contributed by atoms with van der Waals surface area (Å²) in [7, 11) is 1.58. The van der Waals surface area contributed by atoms with Crippen LogP contribution < -0.4 is 10.1 Å². The fraction of sp³-hybridized carbons (Fsp3) is 0.533. The molecule has 2 rings (SSSR count). The average Bonchev–Trinajstić information content (AvgIpc) is 2.84. The SMILES string of the molecule is COc1ccc(CNCC2CCOC2C)cc1C#N. The van der Waals surface area contributed by atoms with E-state index in [0.717, 1.165) is 31.7 Å². The lowest BCUT2D eigenvalue weighted by atomic mass is 10.0. The second kappa shape index (κ2) is 6.55. The van der Waals surface area contributed by atoms with E-state index in [9.17, 15) is 0 Å². The van der Waals surface area contributed by atoms with Gasteiger partial charge in [0.05, 0.1) is 18.8 Å². The Kier molecular flexibility index (Phi) is 4.78. The molecule has 2 unspecified atom stereocenters. The van der Waals surface area contributed by atoms with Crippen molar-refractivity contribution in [2.24, 2.45) is 5.92 Å². The van der Waals surface area contributed by atoms with Crippen molar-refractivity contribution in [3.63, 3.8) is 0 Å². The van der Waals surface area contributed by atoms with Gasteiger partial charge >= 0.3 is 0 Å². The Morgan fingerprint density at radius 2 is 2.37 bits per heavy atom. The number of methoxy groups -OCH3 is 1. The van der Waals surface area contributed by atoms with Gasteiger partial charge in [-0.2, -0.15) is 5.26 Å². The predicted molar refractivity (Wildman–Crippen MR) is 72.9 cm³/mol. The van der Waals surface area contributed by atoms with Gasteiger partial charge in [0.1, 0.15) is 11.8 Å². The third-order valence-electron chi connectivity index (χ3n) is 3.65. The fourth-order valence-corrected chi connectivity index (χ4v) is 2.40. The third kappa shape index (κ3) is 3.46. The molecule has 19 heavy (non-hydrogen) atoms. The number of hydrogen-bond acceptors (Lipinski definition) is 4. The van der Waals surface area contributed by atoms with Crippen LogP contribution in [0.1, 0.15) is 24.5 Å². The minimum atomic E-state index is 0.345. The molecule has 4 nitrogen and oxygen atoms in total. The second-order valence-corrected chi connectivity index (χ2v) is 4.90. The summed E-state index contributed by atoms with van der Waals surface area (Å²) in [5.41, 5.74) is 1.68. The van der Waals surface area contributed by atoms with Crippen molar-refractivity contribution in [3.05, 3.63) is 29.3 Å². The minimum Gasteiger partial charge on any atom is -0.495 e. The molecule has 0 spiro atoms. The highest BCUT2D eigenvalue weighted by Crippen LogP contribution is 2.20. The van der Waals surface area contributed by atoms with Crippen LogP contribution in [0.15, 0.2) is 18.2 Å². The van der Waals surface area contributed by atoms with E-state index in [2.05, 4.69) is 18.3 Å². The molecule has 1 aliphatic rings. The molecule has 1 aromatic rings. The summed E-state index contributed by atoms with van der Waals surface area (Å²) in [6.45, 7) is 4.71. The van der Waals surface area contributed by atoms with Crippen molar-refractivity contribution in [2.75, 3.05) is 20.3 Å². The second-order valence-electron chi connectivity index (χ2n) is 4.90. The van der Waals surface area contributed by atoms with E-state index in [-0.39, 0.29) is 0 Å². The van der Waals surface area contributed by atoms with Crippen LogP contribution in [0.5, 0.6) is 5.75 Å². The molecule has 0 saturated carbocycles. The summed E-state index contributed by atoms with van der Waals surface area (Å²) in [6.07, 6.45) is 1.47. The van der Waals surface area contributed by atoms with E-state index < -0.39 is 0 Å². The lowest BCUT2D eigenvalue weighted by molar-refractivity contribution is 0.105. The molecule has 102 valence electrons.